The molecule has 3 rings (SSSR count). The normalized spacial score (nSPS) is 10.5. The van der Waals surface area contributed by atoms with Crippen LogP contribution in [0.5, 0.6) is 5.75 Å². The van der Waals surface area contributed by atoms with Gasteiger partial charge >= 0.3 is 0 Å². The van der Waals surface area contributed by atoms with Crippen molar-refractivity contribution in [1.29, 1.82) is 0 Å². The number of H-pyrrole nitrogens is 1. The molecule has 100 valence electrons. The molecule has 3 aromatic rings. The van der Waals surface area contributed by atoms with Crippen LogP contribution in [-0.4, -0.2) is 17.1 Å². The number of methoxy groups -OCH3 is 1. The number of aromatic amines is 1. The molecule has 0 unspecified atom stereocenters. The standard InChI is InChI=1S/C17H16N2O/c1-12-16(13-6-4-3-5-7-13)19-17(18-12)14-8-10-15(20-2)11-9-14/h3-11H,1-2H3,(H,18,19). The van der Waals surface area contributed by atoms with E-state index in [1.165, 1.54) is 0 Å². The van der Waals surface area contributed by atoms with E-state index in [9.17, 15) is 0 Å². The summed E-state index contributed by atoms with van der Waals surface area (Å²) in [4.78, 5) is 8.05. The van der Waals surface area contributed by atoms with E-state index >= 15 is 0 Å². The van der Waals surface area contributed by atoms with Gasteiger partial charge in [-0.3, -0.25) is 0 Å². The first kappa shape index (κ1) is 12.5. The number of rotatable bonds is 3. The zero-order chi connectivity index (χ0) is 13.9. The van der Waals surface area contributed by atoms with Gasteiger partial charge in [0.25, 0.3) is 0 Å². The Labute approximate surface area is 118 Å². The lowest BCUT2D eigenvalue weighted by Gasteiger charge is -2.00. The van der Waals surface area contributed by atoms with Crippen LogP contribution in [0.1, 0.15) is 5.69 Å². The zero-order valence-electron chi connectivity index (χ0n) is 11.6. The van der Waals surface area contributed by atoms with Gasteiger partial charge in [-0.1, -0.05) is 30.3 Å². The highest BCUT2D eigenvalue weighted by molar-refractivity contribution is 5.67. The van der Waals surface area contributed by atoms with E-state index < -0.39 is 0 Å². The Hall–Kier alpha value is -2.55. The maximum Gasteiger partial charge on any atom is 0.138 e. The molecule has 1 heterocycles. The number of hydrogen-bond donors (Lipinski definition) is 1. The van der Waals surface area contributed by atoms with Crippen molar-refractivity contribution in [2.24, 2.45) is 0 Å². The third-order valence-electron chi connectivity index (χ3n) is 3.30. The molecular formula is C17H16N2O. The van der Waals surface area contributed by atoms with Crippen molar-refractivity contribution in [1.82, 2.24) is 9.97 Å². The van der Waals surface area contributed by atoms with Gasteiger partial charge in [0.05, 0.1) is 12.8 Å². The smallest absolute Gasteiger partial charge is 0.138 e. The monoisotopic (exact) mass is 264 g/mol. The van der Waals surface area contributed by atoms with E-state index in [-0.39, 0.29) is 0 Å². The Kier molecular flexibility index (Phi) is 3.25. The van der Waals surface area contributed by atoms with Gasteiger partial charge in [-0.2, -0.15) is 0 Å². The maximum absolute atomic E-state index is 5.17. The van der Waals surface area contributed by atoms with Crippen molar-refractivity contribution in [3.63, 3.8) is 0 Å². The van der Waals surface area contributed by atoms with Gasteiger partial charge in [-0.15, -0.1) is 0 Å². The molecule has 0 aliphatic rings. The van der Waals surface area contributed by atoms with Crippen molar-refractivity contribution >= 4 is 0 Å². The lowest BCUT2D eigenvalue weighted by atomic mass is 10.1. The molecule has 0 radical (unpaired) electrons. The Bertz CT molecular complexity index is 700. The Morgan fingerprint density at radius 3 is 2.25 bits per heavy atom. The Balaban J connectivity index is 2.00. The average Bonchev–Trinajstić information content (AvgIpc) is 2.90. The predicted molar refractivity (Wildman–Crippen MR) is 80.7 cm³/mol. The molecule has 0 atom stereocenters. The highest BCUT2D eigenvalue weighted by atomic mass is 16.5. The molecular weight excluding hydrogens is 248 g/mol. The fourth-order valence-electron chi connectivity index (χ4n) is 2.22. The van der Waals surface area contributed by atoms with Crippen LogP contribution in [0.4, 0.5) is 0 Å². The third kappa shape index (κ3) is 2.30. The van der Waals surface area contributed by atoms with Crippen LogP contribution in [0, 0.1) is 6.92 Å². The van der Waals surface area contributed by atoms with Crippen LogP contribution in [0.2, 0.25) is 0 Å². The van der Waals surface area contributed by atoms with E-state index in [2.05, 4.69) is 17.1 Å². The Morgan fingerprint density at radius 2 is 1.60 bits per heavy atom. The highest BCUT2D eigenvalue weighted by Gasteiger charge is 2.10. The van der Waals surface area contributed by atoms with E-state index in [1.54, 1.807) is 7.11 Å². The van der Waals surface area contributed by atoms with E-state index in [0.29, 0.717) is 0 Å². The molecule has 2 aromatic carbocycles. The molecule has 1 aromatic heterocycles. The van der Waals surface area contributed by atoms with Crippen LogP contribution in [0.3, 0.4) is 0 Å². The van der Waals surface area contributed by atoms with Crippen molar-refractivity contribution in [3.8, 4) is 28.4 Å². The van der Waals surface area contributed by atoms with Crippen LogP contribution in [0.15, 0.2) is 54.6 Å². The summed E-state index contributed by atoms with van der Waals surface area (Å²) >= 11 is 0. The van der Waals surface area contributed by atoms with Gasteiger partial charge in [0, 0.05) is 16.8 Å². The topological polar surface area (TPSA) is 37.9 Å². The van der Waals surface area contributed by atoms with Crippen LogP contribution < -0.4 is 4.74 Å². The van der Waals surface area contributed by atoms with E-state index in [1.807, 2.05) is 49.4 Å². The SMILES string of the molecule is COc1ccc(-c2nc(-c3ccccc3)c(C)[nH]2)cc1. The third-order valence-corrected chi connectivity index (χ3v) is 3.30. The molecule has 1 N–H and O–H groups in total. The van der Waals surface area contributed by atoms with Gasteiger partial charge < -0.3 is 9.72 Å². The van der Waals surface area contributed by atoms with Crippen molar-refractivity contribution in [3.05, 3.63) is 60.3 Å². The molecule has 0 saturated carbocycles. The summed E-state index contributed by atoms with van der Waals surface area (Å²) in [6.45, 7) is 2.04. The molecule has 0 saturated heterocycles. The van der Waals surface area contributed by atoms with E-state index in [4.69, 9.17) is 9.72 Å². The minimum absolute atomic E-state index is 0.848. The van der Waals surface area contributed by atoms with Crippen LogP contribution in [0.25, 0.3) is 22.6 Å². The first-order valence-corrected chi connectivity index (χ1v) is 6.54. The summed E-state index contributed by atoms with van der Waals surface area (Å²) in [7, 11) is 1.67. The number of aryl methyl sites for hydroxylation is 1. The summed E-state index contributed by atoms with van der Waals surface area (Å²) in [6, 6.07) is 18.1. The number of hydrogen-bond acceptors (Lipinski definition) is 2. The highest BCUT2D eigenvalue weighted by Crippen LogP contribution is 2.26. The summed E-state index contributed by atoms with van der Waals surface area (Å²) in [5.74, 6) is 1.73. The summed E-state index contributed by atoms with van der Waals surface area (Å²) in [6.07, 6.45) is 0. The van der Waals surface area contributed by atoms with Gasteiger partial charge in [0.15, 0.2) is 0 Å². The largest absolute Gasteiger partial charge is 0.497 e. The second kappa shape index (κ2) is 5.21. The second-order valence-corrected chi connectivity index (χ2v) is 4.65. The quantitative estimate of drug-likeness (QED) is 0.774. The molecule has 0 aliphatic heterocycles. The predicted octanol–water partition coefficient (Wildman–Crippen LogP) is 4.06. The van der Waals surface area contributed by atoms with Crippen molar-refractivity contribution in [2.45, 2.75) is 6.92 Å². The fraction of sp³-hybridized carbons (Fsp3) is 0.118. The summed E-state index contributed by atoms with van der Waals surface area (Å²) in [5.41, 5.74) is 4.25. The minimum Gasteiger partial charge on any atom is -0.497 e. The molecule has 0 fully saturated rings. The minimum atomic E-state index is 0.848. The second-order valence-electron chi connectivity index (χ2n) is 4.65. The first-order chi connectivity index (χ1) is 9.78. The molecule has 0 aliphatic carbocycles. The zero-order valence-corrected chi connectivity index (χ0v) is 11.6. The number of imidazole rings is 1. The summed E-state index contributed by atoms with van der Waals surface area (Å²) < 4.78 is 5.17. The molecule has 3 nitrogen and oxygen atoms in total. The number of nitrogens with one attached hydrogen (secondary N) is 1. The van der Waals surface area contributed by atoms with Crippen molar-refractivity contribution < 1.29 is 4.74 Å². The van der Waals surface area contributed by atoms with Gasteiger partial charge in [0.2, 0.25) is 0 Å². The number of nitrogens with zero attached hydrogens (tertiary/aromatic N) is 1. The number of benzene rings is 2. The lowest BCUT2D eigenvalue weighted by Crippen LogP contribution is -1.84. The molecule has 0 amide bonds. The van der Waals surface area contributed by atoms with E-state index in [0.717, 1.165) is 34.1 Å². The van der Waals surface area contributed by atoms with Gasteiger partial charge in [-0.05, 0) is 31.2 Å². The Morgan fingerprint density at radius 1 is 0.900 bits per heavy atom. The number of aromatic nitrogens is 2. The van der Waals surface area contributed by atoms with Crippen LogP contribution in [-0.2, 0) is 0 Å². The fourth-order valence-corrected chi connectivity index (χ4v) is 2.22. The maximum atomic E-state index is 5.17. The van der Waals surface area contributed by atoms with Gasteiger partial charge in [0.1, 0.15) is 11.6 Å². The average molecular weight is 264 g/mol. The first-order valence-electron chi connectivity index (χ1n) is 6.54. The number of ether oxygens (including phenoxy) is 1. The summed E-state index contributed by atoms with van der Waals surface area (Å²) in [5, 5.41) is 0. The molecule has 0 spiro atoms. The van der Waals surface area contributed by atoms with Gasteiger partial charge in [-0.25, -0.2) is 4.98 Å². The van der Waals surface area contributed by atoms with Crippen LogP contribution >= 0.6 is 0 Å². The molecule has 20 heavy (non-hydrogen) atoms. The lowest BCUT2D eigenvalue weighted by molar-refractivity contribution is 0.415. The molecule has 3 heteroatoms. The molecule has 0 bridgehead atoms. The van der Waals surface area contributed by atoms with Crippen molar-refractivity contribution in [2.75, 3.05) is 7.11 Å².